The van der Waals surface area contributed by atoms with Crippen LogP contribution in [-0.4, -0.2) is 26.1 Å². The van der Waals surface area contributed by atoms with Crippen LogP contribution in [0, 0.1) is 0 Å². The number of carbonyl (C=O) groups is 2. The van der Waals surface area contributed by atoms with Crippen molar-refractivity contribution in [2.45, 2.75) is 30.6 Å². The fraction of sp³-hybridized carbons (Fsp3) is 0.200. The van der Waals surface area contributed by atoms with E-state index in [-0.39, 0.29) is 29.0 Å². The highest BCUT2D eigenvalue weighted by Crippen LogP contribution is 2.25. The van der Waals surface area contributed by atoms with E-state index in [1.54, 1.807) is 48.5 Å². The van der Waals surface area contributed by atoms with Gasteiger partial charge in [0.25, 0.3) is 0 Å². The minimum absolute atomic E-state index is 0.140. The van der Waals surface area contributed by atoms with Crippen molar-refractivity contribution in [3.63, 3.8) is 0 Å². The summed E-state index contributed by atoms with van der Waals surface area (Å²) in [6, 6.07) is 20.5. The molecule has 0 heterocycles. The van der Waals surface area contributed by atoms with E-state index in [9.17, 15) is 18.0 Å². The van der Waals surface area contributed by atoms with Gasteiger partial charge in [0.1, 0.15) is 0 Å². The van der Waals surface area contributed by atoms with Gasteiger partial charge in [-0.05, 0) is 78.9 Å². The second-order valence-corrected chi connectivity index (χ2v) is 10.0. The molecule has 0 aliphatic heterocycles. The molecule has 3 aromatic carbocycles. The molecule has 0 saturated carbocycles. The zero-order valence-corrected chi connectivity index (χ0v) is 18.8. The van der Waals surface area contributed by atoms with Crippen molar-refractivity contribution in [1.82, 2.24) is 0 Å². The van der Waals surface area contributed by atoms with E-state index in [1.165, 1.54) is 5.56 Å². The first-order chi connectivity index (χ1) is 15.9. The third-order valence-corrected chi connectivity index (χ3v) is 7.20. The number of urea groups is 1. The highest BCUT2D eigenvalue weighted by molar-refractivity contribution is 7.91. The lowest BCUT2D eigenvalue weighted by Crippen LogP contribution is -2.19. The van der Waals surface area contributed by atoms with Gasteiger partial charge in [0.15, 0.2) is 9.84 Å². The van der Waals surface area contributed by atoms with Crippen LogP contribution in [0.15, 0.2) is 77.7 Å². The van der Waals surface area contributed by atoms with Gasteiger partial charge in [0.05, 0.1) is 10.6 Å². The molecule has 3 amide bonds. The molecule has 0 unspecified atom stereocenters. The van der Waals surface area contributed by atoms with Crippen LogP contribution in [0.25, 0.3) is 0 Å². The van der Waals surface area contributed by atoms with E-state index in [1.807, 2.05) is 24.3 Å². The fourth-order valence-corrected chi connectivity index (χ4v) is 5.05. The maximum Gasteiger partial charge on any atom is 0.323 e. The van der Waals surface area contributed by atoms with Crippen LogP contribution in [-0.2, 0) is 27.5 Å². The summed E-state index contributed by atoms with van der Waals surface area (Å²) in [5.41, 5.74) is 4.05. The molecule has 3 aromatic rings. The zero-order chi connectivity index (χ0) is 23.3. The van der Waals surface area contributed by atoms with Gasteiger partial charge in [-0.3, -0.25) is 4.79 Å². The molecule has 8 heteroatoms. The predicted molar refractivity (Wildman–Crippen MR) is 129 cm³/mol. The molecule has 0 atom stereocenters. The molecule has 0 saturated heterocycles. The highest BCUT2D eigenvalue weighted by Gasteiger charge is 2.20. The van der Waals surface area contributed by atoms with Crippen LogP contribution in [0.1, 0.15) is 24.0 Å². The van der Waals surface area contributed by atoms with Crippen LogP contribution < -0.4 is 16.0 Å². The minimum atomic E-state index is -3.53. The Kier molecular flexibility index (Phi) is 6.74. The Hall–Kier alpha value is -3.65. The number of anilines is 3. The monoisotopic (exact) mass is 463 g/mol. The summed E-state index contributed by atoms with van der Waals surface area (Å²) in [4.78, 5) is 24.6. The molecule has 4 rings (SSSR count). The van der Waals surface area contributed by atoms with Gasteiger partial charge in [0.2, 0.25) is 5.91 Å². The predicted octanol–water partition coefficient (Wildman–Crippen LogP) is 4.62. The van der Waals surface area contributed by atoms with Crippen LogP contribution >= 0.6 is 0 Å². The average molecular weight is 464 g/mol. The van der Waals surface area contributed by atoms with Gasteiger partial charge in [-0.1, -0.05) is 24.3 Å². The summed E-state index contributed by atoms with van der Waals surface area (Å²) in [5, 5.41) is 8.12. The van der Waals surface area contributed by atoms with Crippen molar-refractivity contribution in [3.05, 3.63) is 83.9 Å². The van der Waals surface area contributed by atoms with Gasteiger partial charge in [-0.25, -0.2) is 13.2 Å². The molecule has 33 heavy (non-hydrogen) atoms. The SMILES string of the molecule is O=C(CCS(=O)(=O)c1ccc2c(c1)CCC2)Nc1ccc(NC(=O)Nc2ccccc2)cc1. The number of benzene rings is 3. The van der Waals surface area contributed by atoms with E-state index in [4.69, 9.17) is 0 Å². The fourth-order valence-electron chi connectivity index (χ4n) is 3.76. The molecule has 1 aliphatic rings. The Balaban J connectivity index is 1.27. The quantitative estimate of drug-likeness (QED) is 0.475. The number of nitrogens with one attached hydrogen (secondary N) is 3. The van der Waals surface area contributed by atoms with Crippen molar-refractivity contribution in [2.24, 2.45) is 0 Å². The van der Waals surface area contributed by atoms with Crippen molar-refractivity contribution in [3.8, 4) is 0 Å². The standard InChI is InChI=1S/C25H25N3O4S/c29-24(15-16-33(31,32)23-14-9-18-5-4-6-19(18)17-23)26-21-10-12-22(13-11-21)28-25(30)27-20-7-2-1-3-8-20/h1-3,7-14,17H,4-6,15-16H2,(H,26,29)(H2,27,28,30). The first-order valence-electron chi connectivity index (χ1n) is 10.8. The van der Waals surface area contributed by atoms with Gasteiger partial charge in [0, 0.05) is 23.5 Å². The lowest BCUT2D eigenvalue weighted by molar-refractivity contribution is -0.115. The lowest BCUT2D eigenvalue weighted by Gasteiger charge is -2.10. The van der Waals surface area contributed by atoms with E-state index in [0.29, 0.717) is 17.1 Å². The van der Waals surface area contributed by atoms with E-state index >= 15 is 0 Å². The summed E-state index contributed by atoms with van der Waals surface area (Å²) in [5.74, 6) is -0.640. The van der Waals surface area contributed by atoms with E-state index in [2.05, 4.69) is 16.0 Å². The summed E-state index contributed by atoms with van der Waals surface area (Å²) in [6.07, 6.45) is 2.80. The van der Waals surface area contributed by atoms with Crippen LogP contribution in [0.2, 0.25) is 0 Å². The number of fused-ring (bicyclic) bond motifs is 1. The Morgan fingerprint density at radius 1 is 0.727 bits per heavy atom. The molecule has 0 radical (unpaired) electrons. The van der Waals surface area contributed by atoms with Crippen molar-refractivity contribution < 1.29 is 18.0 Å². The number of para-hydroxylation sites is 1. The third kappa shape index (κ3) is 5.98. The molecular weight excluding hydrogens is 438 g/mol. The Bertz CT molecular complexity index is 1260. The largest absolute Gasteiger partial charge is 0.326 e. The molecule has 7 nitrogen and oxygen atoms in total. The minimum Gasteiger partial charge on any atom is -0.326 e. The third-order valence-electron chi connectivity index (χ3n) is 5.49. The highest BCUT2D eigenvalue weighted by atomic mass is 32.2. The number of amides is 3. The first kappa shape index (κ1) is 22.5. The maximum absolute atomic E-state index is 12.6. The lowest BCUT2D eigenvalue weighted by atomic mass is 10.1. The molecule has 0 bridgehead atoms. The number of hydrogen-bond donors (Lipinski definition) is 3. The Labute approximate surface area is 193 Å². The summed E-state index contributed by atoms with van der Waals surface area (Å²) >= 11 is 0. The topological polar surface area (TPSA) is 104 Å². The molecule has 0 fully saturated rings. The average Bonchev–Trinajstić information content (AvgIpc) is 3.28. The molecule has 3 N–H and O–H groups in total. The van der Waals surface area contributed by atoms with Gasteiger partial charge < -0.3 is 16.0 Å². The smallest absolute Gasteiger partial charge is 0.323 e. The number of carbonyl (C=O) groups excluding carboxylic acids is 2. The molecule has 0 aromatic heterocycles. The summed E-state index contributed by atoms with van der Waals surface area (Å²) in [7, 11) is -3.53. The number of aryl methyl sites for hydroxylation is 2. The van der Waals surface area contributed by atoms with Crippen LogP contribution in [0.4, 0.5) is 21.9 Å². The van der Waals surface area contributed by atoms with Crippen LogP contribution in [0.3, 0.4) is 0 Å². The summed E-state index contributed by atoms with van der Waals surface area (Å²) < 4.78 is 25.3. The van der Waals surface area contributed by atoms with Crippen molar-refractivity contribution in [2.75, 3.05) is 21.7 Å². The molecule has 0 spiro atoms. The number of hydrogen-bond acceptors (Lipinski definition) is 4. The molecule has 1 aliphatic carbocycles. The van der Waals surface area contributed by atoms with Crippen molar-refractivity contribution in [1.29, 1.82) is 0 Å². The second kappa shape index (κ2) is 9.87. The second-order valence-electron chi connectivity index (χ2n) is 7.92. The van der Waals surface area contributed by atoms with E-state index in [0.717, 1.165) is 24.8 Å². The van der Waals surface area contributed by atoms with Gasteiger partial charge >= 0.3 is 6.03 Å². The zero-order valence-electron chi connectivity index (χ0n) is 18.0. The van der Waals surface area contributed by atoms with E-state index < -0.39 is 9.84 Å². The summed E-state index contributed by atoms with van der Waals surface area (Å²) in [6.45, 7) is 0. The Morgan fingerprint density at radius 3 is 2.03 bits per heavy atom. The number of rotatable bonds is 7. The van der Waals surface area contributed by atoms with Gasteiger partial charge in [-0.2, -0.15) is 0 Å². The first-order valence-corrected chi connectivity index (χ1v) is 12.4. The molecular formula is C25H25N3O4S. The maximum atomic E-state index is 12.6. The number of sulfone groups is 1. The van der Waals surface area contributed by atoms with Crippen molar-refractivity contribution >= 4 is 38.8 Å². The molecule has 170 valence electrons. The Morgan fingerprint density at radius 2 is 1.33 bits per heavy atom. The normalized spacial score (nSPS) is 12.6. The van der Waals surface area contributed by atoms with Crippen LogP contribution in [0.5, 0.6) is 0 Å². The van der Waals surface area contributed by atoms with Gasteiger partial charge in [-0.15, -0.1) is 0 Å².